The zero-order chi connectivity index (χ0) is 19.9. The Hall–Kier alpha value is -2.38. The highest BCUT2D eigenvalue weighted by Crippen LogP contribution is 2.15. The lowest BCUT2D eigenvalue weighted by molar-refractivity contribution is -0.121. The number of rotatable bonds is 9. The molecule has 7 heteroatoms. The van der Waals surface area contributed by atoms with E-state index in [-0.39, 0.29) is 17.3 Å². The van der Waals surface area contributed by atoms with Crippen LogP contribution in [0.15, 0.2) is 53.4 Å². The van der Waals surface area contributed by atoms with Gasteiger partial charge < -0.3 is 10.1 Å². The minimum atomic E-state index is -3.69. The molecule has 2 aromatic rings. The van der Waals surface area contributed by atoms with Crippen LogP contribution in [-0.2, 0) is 21.2 Å². The van der Waals surface area contributed by atoms with Crippen LogP contribution in [0.2, 0.25) is 0 Å². The van der Waals surface area contributed by atoms with Gasteiger partial charge >= 0.3 is 0 Å². The van der Waals surface area contributed by atoms with Gasteiger partial charge in [-0.25, -0.2) is 8.42 Å². The molecule has 0 heterocycles. The maximum atomic E-state index is 12.5. The summed E-state index contributed by atoms with van der Waals surface area (Å²) in [5.74, 6) is 0.360. The molecule has 0 aliphatic rings. The van der Waals surface area contributed by atoms with Crippen LogP contribution in [0.5, 0.6) is 5.75 Å². The maximum Gasteiger partial charge on any atom is 0.243 e. The zero-order valence-electron chi connectivity index (χ0n) is 15.9. The minimum absolute atomic E-state index is 0.169. The van der Waals surface area contributed by atoms with Crippen molar-refractivity contribution in [3.8, 4) is 5.75 Å². The largest absolute Gasteiger partial charge is 0.492 e. The van der Waals surface area contributed by atoms with E-state index in [1.807, 2.05) is 31.2 Å². The lowest BCUT2D eigenvalue weighted by Crippen LogP contribution is -2.39. The number of aryl methyl sites for hydroxylation is 2. The monoisotopic (exact) mass is 390 g/mol. The van der Waals surface area contributed by atoms with Crippen molar-refractivity contribution < 1.29 is 17.9 Å². The van der Waals surface area contributed by atoms with Crippen LogP contribution in [0.4, 0.5) is 0 Å². The van der Waals surface area contributed by atoms with Gasteiger partial charge in [-0.05, 0) is 43.2 Å². The first-order valence-corrected chi connectivity index (χ1v) is 10.3. The van der Waals surface area contributed by atoms with Gasteiger partial charge in [0.1, 0.15) is 12.4 Å². The lowest BCUT2D eigenvalue weighted by atomic mass is 10.2. The van der Waals surface area contributed by atoms with Crippen molar-refractivity contribution in [3.63, 3.8) is 0 Å². The molecule has 0 unspecified atom stereocenters. The molecular formula is C20H26N2O4S. The second-order valence-corrected chi connectivity index (χ2v) is 8.31. The normalized spacial score (nSPS) is 11.4. The van der Waals surface area contributed by atoms with E-state index in [4.69, 9.17) is 4.74 Å². The van der Waals surface area contributed by atoms with Gasteiger partial charge in [-0.15, -0.1) is 0 Å². The molecule has 0 bridgehead atoms. The van der Waals surface area contributed by atoms with Crippen LogP contribution in [0.1, 0.15) is 18.1 Å². The first-order chi connectivity index (χ1) is 12.8. The second-order valence-electron chi connectivity index (χ2n) is 6.27. The number of nitrogens with one attached hydrogen (secondary N) is 1. The Kier molecular flexibility index (Phi) is 7.38. The lowest BCUT2D eigenvalue weighted by Gasteiger charge is -2.17. The summed E-state index contributed by atoms with van der Waals surface area (Å²) < 4.78 is 31.5. The SMILES string of the molecule is CCc1ccc(OCCNC(=O)CN(C)S(=O)(=O)c2ccc(C)cc2)cc1. The summed E-state index contributed by atoms with van der Waals surface area (Å²) in [6.07, 6.45) is 0.968. The molecule has 0 aromatic heterocycles. The number of hydrogen-bond donors (Lipinski definition) is 1. The summed E-state index contributed by atoms with van der Waals surface area (Å²) >= 11 is 0. The predicted molar refractivity (Wildman–Crippen MR) is 105 cm³/mol. The van der Waals surface area contributed by atoms with Crippen LogP contribution in [0, 0.1) is 6.92 Å². The third kappa shape index (κ3) is 6.08. The highest BCUT2D eigenvalue weighted by atomic mass is 32.2. The first kappa shape index (κ1) is 20.9. The van der Waals surface area contributed by atoms with Crippen LogP contribution in [0.25, 0.3) is 0 Å². The van der Waals surface area contributed by atoms with Crippen molar-refractivity contribution in [2.45, 2.75) is 25.2 Å². The maximum absolute atomic E-state index is 12.5. The molecule has 0 aliphatic carbocycles. The molecule has 27 heavy (non-hydrogen) atoms. The van der Waals surface area contributed by atoms with Gasteiger partial charge in [-0.2, -0.15) is 4.31 Å². The zero-order valence-corrected chi connectivity index (χ0v) is 16.8. The van der Waals surface area contributed by atoms with E-state index >= 15 is 0 Å². The summed E-state index contributed by atoms with van der Waals surface area (Å²) in [6, 6.07) is 14.3. The van der Waals surface area contributed by atoms with Gasteiger partial charge in [0.25, 0.3) is 0 Å². The van der Waals surface area contributed by atoms with Crippen LogP contribution in [0.3, 0.4) is 0 Å². The van der Waals surface area contributed by atoms with E-state index in [9.17, 15) is 13.2 Å². The Labute approximate surface area is 161 Å². The molecule has 2 aromatic carbocycles. The molecule has 0 radical (unpaired) electrons. The number of nitrogens with zero attached hydrogens (tertiary/aromatic N) is 1. The van der Waals surface area contributed by atoms with Crippen molar-refractivity contribution >= 4 is 15.9 Å². The highest BCUT2D eigenvalue weighted by Gasteiger charge is 2.22. The van der Waals surface area contributed by atoms with Crippen molar-refractivity contribution in [1.29, 1.82) is 0 Å². The molecule has 0 atom stereocenters. The third-order valence-corrected chi connectivity index (χ3v) is 5.94. The standard InChI is InChI=1S/C20H26N2O4S/c1-4-17-7-9-18(10-8-17)26-14-13-21-20(23)15-22(3)27(24,25)19-11-5-16(2)6-12-19/h5-12H,4,13-15H2,1-3H3,(H,21,23). The van der Waals surface area contributed by atoms with E-state index in [0.717, 1.165) is 22.0 Å². The van der Waals surface area contributed by atoms with Crippen molar-refractivity contribution in [1.82, 2.24) is 9.62 Å². The summed E-state index contributed by atoms with van der Waals surface area (Å²) in [6.45, 7) is 4.33. The Morgan fingerprint density at radius 3 is 2.30 bits per heavy atom. The average Bonchev–Trinajstić information content (AvgIpc) is 2.66. The van der Waals surface area contributed by atoms with Crippen molar-refractivity contribution in [3.05, 3.63) is 59.7 Å². The van der Waals surface area contributed by atoms with E-state index < -0.39 is 10.0 Å². The second kappa shape index (κ2) is 9.53. The number of amides is 1. The minimum Gasteiger partial charge on any atom is -0.492 e. The molecule has 1 amide bonds. The summed E-state index contributed by atoms with van der Waals surface area (Å²) in [4.78, 5) is 12.2. The van der Waals surface area contributed by atoms with Gasteiger partial charge in [-0.1, -0.05) is 36.8 Å². The predicted octanol–water partition coefficient (Wildman–Crippen LogP) is 2.37. The van der Waals surface area contributed by atoms with Crippen LogP contribution >= 0.6 is 0 Å². The fraction of sp³-hybridized carbons (Fsp3) is 0.350. The first-order valence-electron chi connectivity index (χ1n) is 8.84. The number of sulfonamides is 1. The Bertz CT molecular complexity index is 847. The van der Waals surface area contributed by atoms with Gasteiger partial charge in [0.05, 0.1) is 18.0 Å². The fourth-order valence-corrected chi connectivity index (χ4v) is 3.54. The fourth-order valence-electron chi connectivity index (χ4n) is 2.41. The molecule has 2 rings (SSSR count). The quantitative estimate of drug-likeness (QED) is 0.667. The number of carbonyl (C=O) groups excluding carboxylic acids is 1. The molecule has 0 fully saturated rings. The van der Waals surface area contributed by atoms with E-state index in [0.29, 0.717) is 13.2 Å². The molecular weight excluding hydrogens is 364 g/mol. The molecule has 6 nitrogen and oxygen atoms in total. The highest BCUT2D eigenvalue weighted by molar-refractivity contribution is 7.89. The number of ether oxygens (including phenoxy) is 1. The summed E-state index contributed by atoms with van der Waals surface area (Å²) in [7, 11) is -2.30. The Morgan fingerprint density at radius 1 is 1.07 bits per heavy atom. The number of carbonyl (C=O) groups is 1. The Morgan fingerprint density at radius 2 is 1.70 bits per heavy atom. The smallest absolute Gasteiger partial charge is 0.243 e. The van der Waals surface area contributed by atoms with Crippen molar-refractivity contribution in [2.24, 2.45) is 0 Å². The van der Waals surface area contributed by atoms with E-state index in [2.05, 4.69) is 12.2 Å². The van der Waals surface area contributed by atoms with Gasteiger partial charge in [0.2, 0.25) is 15.9 Å². The van der Waals surface area contributed by atoms with Crippen molar-refractivity contribution in [2.75, 3.05) is 26.7 Å². The molecule has 0 saturated heterocycles. The molecule has 0 saturated carbocycles. The van der Waals surface area contributed by atoms with Gasteiger partial charge in [-0.3, -0.25) is 4.79 Å². The number of benzene rings is 2. The third-order valence-electron chi connectivity index (χ3n) is 4.12. The molecule has 0 aliphatic heterocycles. The average molecular weight is 391 g/mol. The van der Waals surface area contributed by atoms with Crippen LogP contribution < -0.4 is 10.1 Å². The van der Waals surface area contributed by atoms with E-state index in [1.165, 1.54) is 24.7 Å². The summed E-state index contributed by atoms with van der Waals surface area (Å²) in [5, 5.41) is 2.67. The van der Waals surface area contributed by atoms with E-state index in [1.54, 1.807) is 12.1 Å². The topological polar surface area (TPSA) is 75.7 Å². The van der Waals surface area contributed by atoms with Crippen LogP contribution in [-0.4, -0.2) is 45.4 Å². The van der Waals surface area contributed by atoms with Gasteiger partial charge in [0, 0.05) is 7.05 Å². The Balaban J connectivity index is 1.78. The molecule has 0 spiro atoms. The summed E-state index contributed by atoms with van der Waals surface area (Å²) in [5.41, 5.74) is 2.20. The number of likely N-dealkylation sites (N-methyl/N-ethyl adjacent to an activating group) is 1. The molecule has 1 N–H and O–H groups in total. The number of hydrogen-bond acceptors (Lipinski definition) is 4. The molecule has 146 valence electrons. The van der Waals surface area contributed by atoms with Gasteiger partial charge in [0.15, 0.2) is 0 Å².